The molecule has 1 heterocycles. The number of carbonyl (C=O) groups is 1. The van der Waals surface area contributed by atoms with Crippen LogP contribution < -0.4 is 5.32 Å². The fourth-order valence-corrected chi connectivity index (χ4v) is 5.12. The molecule has 1 aliphatic carbocycles. The van der Waals surface area contributed by atoms with E-state index in [4.69, 9.17) is 0 Å². The number of benzene rings is 1. The smallest absolute Gasteiger partial charge is 0.230 e. The molecule has 114 valence electrons. The van der Waals surface area contributed by atoms with Crippen LogP contribution >= 0.6 is 15.9 Å². The van der Waals surface area contributed by atoms with Gasteiger partial charge in [-0.15, -0.1) is 0 Å². The first-order valence-electron chi connectivity index (χ1n) is 7.19. The highest BCUT2D eigenvalue weighted by Crippen LogP contribution is 2.44. The van der Waals surface area contributed by atoms with Gasteiger partial charge < -0.3 is 5.32 Å². The second kappa shape index (κ2) is 5.39. The summed E-state index contributed by atoms with van der Waals surface area (Å²) in [6, 6.07) is 7.63. The minimum Gasteiger partial charge on any atom is -0.352 e. The van der Waals surface area contributed by atoms with Crippen molar-refractivity contribution in [3.63, 3.8) is 0 Å². The van der Waals surface area contributed by atoms with Crippen LogP contribution in [-0.2, 0) is 20.0 Å². The SMILES string of the molecule is O=C(NC1CCS(=O)(=O)C1)C1(c2ccc(Br)cc2)CCC1. The van der Waals surface area contributed by atoms with Crippen molar-refractivity contribution in [2.24, 2.45) is 0 Å². The van der Waals surface area contributed by atoms with Gasteiger partial charge in [-0.05, 0) is 37.0 Å². The first kappa shape index (κ1) is 15.0. The van der Waals surface area contributed by atoms with E-state index < -0.39 is 15.3 Å². The molecular formula is C15H18BrNO3S. The monoisotopic (exact) mass is 371 g/mol. The van der Waals surface area contributed by atoms with E-state index in [2.05, 4.69) is 21.2 Å². The van der Waals surface area contributed by atoms with Crippen molar-refractivity contribution in [2.45, 2.75) is 37.1 Å². The van der Waals surface area contributed by atoms with Gasteiger partial charge in [0.05, 0.1) is 16.9 Å². The average molecular weight is 372 g/mol. The number of hydrogen-bond acceptors (Lipinski definition) is 3. The molecule has 4 nitrogen and oxygen atoms in total. The van der Waals surface area contributed by atoms with Gasteiger partial charge >= 0.3 is 0 Å². The molecule has 0 bridgehead atoms. The van der Waals surface area contributed by atoms with Crippen LogP contribution in [-0.4, -0.2) is 31.9 Å². The first-order valence-corrected chi connectivity index (χ1v) is 9.80. The molecule has 2 fully saturated rings. The van der Waals surface area contributed by atoms with E-state index in [9.17, 15) is 13.2 Å². The Morgan fingerprint density at radius 3 is 2.38 bits per heavy atom. The maximum Gasteiger partial charge on any atom is 0.230 e. The second-order valence-corrected chi connectivity index (χ2v) is 9.16. The van der Waals surface area contributed by atoms with Gasteiger partial charge in [0.1, 0.15) is 0 Å². The summed E-state index contributed by atoms with van der Waals surface area (Å²) in [6.07, 6.45) is 3.23. The molecule has 0 radical (unpaired) electrons. The van der Waals surface area contributed by atoms with E-state index >= 15 is 0 Å². The van der Waals surface area contributed by atoms with E-state index in [0.717, 1.165) is 29.3 Å². The van der Waals surface area contributed by atoms with Crippen LogP contribution in [0.2, 0.25) is 0 Å². The lowest BCUT2D eigenvalue weighted by Crippen LogP contribution is -2.52. The standard InChI is InChI=1S/C15H18BrNO3S/c16-12-4-2-11(3-5-12)15(7-1-8-15)14(18)17-13-6-9-21(19,20)10-13/h2-5,13H,1,6-10H2,(H,17,18). The number of halogens is 1. The van der Waals surface area contributed by atoms with Crippen molar-refractivity contribution in [3.05, 3.63) is 34.3 Å². The van der Waals surface area contributed by atoms with Gasteiger partial charge in [-0.25, -0.2) is 8.42 Å². The van der Waals surface area contributed by atoms with Crippen molar-refractivity contribution in [1.29, 1.82) is 0 Å². The maximum absolute atomic E-state index is 12.7. The summed E-state index contributed by atoms with van der Waals surface area (Å²) in [6.45, 7) is 0. The fourth-order valence-electron chi connectivity index (χ4n) is 3.18. The Morgan fingerprint density at radius 2 is 1.90 bits per heavy atom. The molecule has 0 spiro atoms. The minimum absolute atomic E-state index is 0.0156. The van der Waals surface area contributed by atoms with Crippen LogP contribution in [0.4, 0.5) is 0 Å². The van der Waals surface area contributed by atoms with Gasteiger partial charge in [-0.1, -0.05) is 34.5 Å². The number of sulfone groups is 1. The van der Waals surface area contributed by atoms with Gasteiger partial charge in [0.25, 0.3) is 0 Å². The largest absolute Gasteiger partial charge is 0.352 e. The molecule has 1 unspecified atom stereocenters. The molecule has 1 aromatic carbocycles. The summed E-state index contributed by atoms with van der Waals surface area (Å²) < 4.78 is 24.0. The number of carbonyl (C=O) groups excluding carboxylic acids is 1. The number of amides is 1. The molecule has 1 saturated heterocycles. The van der Waals surface area contributed by atoms with E-state index in [1.54, 1.807) is 0 Å². The Labute approximate surface area is 133 Å². The summed E-state index contributed by atoms with van der Waals surface area (Å²) in [5.74, 6) is 0.247. The van der Waals surface area contributed by atoms with Crippen molar-refractivity contribution < 1.29 is 13.2 Å². The third-order valence-corrected chi connectivity index (χ3v) is 6.90. The molecule has 6 heteroatoms. The molecule has 21 heavy (non-hydrogen) atoms. The van der Waals surface area contributed by atoms with Gasteiger partial charge in [0.2, 0.25) is 5.91 Å². The fraction of sp³-hybridized carbons (Fsp3) is 0.533. The van der Waals surface area contributed by atoms with E-state index in [0.29, 0.717) is 6.42 Å². The molecular weight excluding hydrogens is 354 g/mol. The van der Waals surface area contributed by atoms with Crippen molar-refractivity contribution in [2.75, 3.05) is 11.5 Å². The average Bonchev–Trinajstić information content (AvgIpc) is 2.69. The quantitative estimate of drug-likeness (QED) is 0.885. The second-order valence-electron chi connectivity index (χ2n) is 6.02. The lowest BCUT2D eigenvalue weighted by molar-refractivity contribution is -0.130. The topological polar surface area (TPSA) is 63.2 Å². The summed E-state index contributed by atoms with van der Waals surface area (Å²) in [5, 5.41) is 2.96. The van der Waals surface area contributed by atoms with E-state index in [-0.39, 0.29) is 23.5 Å². The minimum atomic E-state index is -2.97. The van der Waals surface area contributed by atoms with Gasteiger partial charge in [0.15, 0.2) is 9.84 Å². The zero-order valence-corrected chi connectivity index (χ0v) is 14.0. The lowest BCUT2D eigenvalue weighted by atomic mass is 9.63. The Balaban J connectivity index is 1.77. The molecule has 1 atom stereocenters. The molecule has 1 aromatic rings. The van der Waals surface area contributed by atoms with Crippen LogP contribution in [0.5, 0.6) is 0 Å². The summed E-state index contributed by atoms with van der Waals surface area (Å²) in [5.41, 5.74) is 0.558. The lowest BCUT2D eigenvalue weighted by Gasteiger charge is -2.41. The molecule has 3 rings (SSSR count). The summed E-state index contributed by atoms with van der Waals surface area (Å²) in [7, 11) is -2.97. The van der Waals surface area contributed by atoms with Crippen molar-refractivity contribution >= 4 is 31.7 Å². The van der Waals surface area contributed by atoms with Crippen LogP contribution in [0.1, 0.15) is 31.2 Å². The number of nitrogens with one attached hydrogen (secondary N) is 1. The van der Waals surface area contributed by atoms with Crippen molar-refractivity contribution in [1.82, 2.24) is 5.32 Å². The van der Waals surface area contributed by atoms with Gasteiger partial charge in [-0.3, -0.25) is 4.79 Å². The summed E-state index contributed by atoms with van der Waals surface area (Å²) >= 11 is 3.41. The van der Waals surface area contributed by atoms with Crippen LogP contribution in [0.25, 0.3) is 0 Å². The highest BCUT2D eigenvalue weighted by atomic mass is 79.9. The van der Waals surface area contributed by atoms with E-state index in [1.165, 1.54) is 0 Å². The Hall–Kier alpha value is -0.880. The summed E-state index contributed by atoms with van der Waals surface area (Å²) in [4.78, 5) is 12.7. The molecule has 0 aromatic heterocycles. The molecule has 1 amide bonds. The van der Waals surface area contributed by atoms with Crippen LogP contribution in [0, 0.1) is 0 Å². The third kappa shape index (κ3) is 2.88. The predicted molar refractivity (Wildman–Crippen MR) is 84.9 cm³/mol. The Morgan fingerprint density at radius 1 is 1.24 bits per heavy atom. The highest BCUT2D eigenvalue weighted by Gasteiger charge is 2.46. The number of hydrogen-bond donors (Lipinski definition) is 1. The molecule has 1 saturated carbocycles. The maximum atomic E-state index is 12.7. The molecule has 1 aliphatic heterocycles. The van der Waals surface area contributed by atoms with Crippen molar-refractivity contribution in [3.8, 4) is 0 Å². The van der Waals surface area contributed by atoms with Gasteiger partial charge in [0, 0.05) is 10.5 Å². The predicted octanol–water partition coefficient (Wildman–Crippen LogP) is 2.17. The first-order chi connectivity index (χ1) is 9.91. The number of rotatable bonds is 3. The Bertz CT molecular complexity index is 650. The van der Waals surface area contributed by atoms with Crippen LogP contribution in [0.15, 0.2) is 28.7 Å². The zero-order chi connectivity index (χ0) is 15.1. The highest BCUT2D eigenvalue weighted by molar-refractivity contribution is 9.10. The van der Waals surface area contributed by atoms with Gasteiger partial charge in [-0.2, -0.15) is 0 Å². The third-order valence-electron chi connectivity index (χ3n) is 4.61. The van der Waals surface area contributed by atoms with E-state index in [1.807, 2.05) is 24.3 Å². The Kier molecular flexibility index (Phi) is 3.86. The normalized spacial score (nSPS) is 26.0. The molecule has 1 N–H and O–H groups in total. The molecule has 2 aliphatic rings. The zero-order valence-electron chi connectivity index (χ0n) is 11.6. The van der Waals surface area contributed by atoms with Crippen LogP contribution in [0.3, 0.4) is 0 Å².